The summed E-state index contributed by atoms with van der Waals surface area (Å²) in [7, 11) is 0. The first-order valence-electron chi connectivity index (χ1n) is 12.1. The fourth-order valence-electron chi connectivity index (χ4n) is 4.85. The summed E-state index contributed by atoms with van der Waals surface area (Å²) in [6.45, 7) is 0. The Morgan fingerprint density at radius 1 is 0.974 bits per heavy atom. The highest BCUT2D eigenvalue weighted by atomic mass is 19.4. The zero-order valence-corrected chi connectivity index (χ0v) is 20.1. The average Bonchev–Trinajstić information content (AvgIpc) is 3.34. The Kier molecular flexibility index (Phi) is 6.79. The molecule has 2 aromatic carbocycles. The maximum absolute atomic E-state index is 14.1. The molecule has 10 heteroatoms. The van der Waals surface area contributed by atoms with Crippen molar-refractivity contribution in [3.8, 4) is 11.5 Å². The molecule has 1 fully saturated rings. The molecule has 2 heterocycles. The molecular weight excluding hydrogens is 499 g/mol. The van der Waals surface area contributed by atoms with Crippen LogP contribution >= 0.6 is 0 Å². The number of benzene rings is 2. The Morgan fingerprint density at radius 2 is 1.71 bits per heavy atom. The Hall–Kier alpha value is -4.34. The number of ether oxygens (including phenoxy) is 1. The van der Waals surface area contributed by atoms with Crippen LogP contribution in [0.4, 0.5) is 18.9 Å². The van der Waals surface area contributed by atoms with E-state index < -0.39 is 29.1 Å². The summed E-state index contributed by atoms with van der Waals surface area (Å²) in [5, 5.41) is 13.0. The number of carboxylic acid groups (broad SMARTS) is 1. The van der Waals surface area contributed by atoms with E-state index >= 15 is 0 Å². The number of rotatable bonds is 7. The molecule has 38 heavy (non-hydrogen) atoms. The number of nitrogens with one attached hydrogen (secondary N) is 2. The van der Waals surface area contributed by atoms with Gasteiger partial charge in [-0.05, 0) is 62.1 Å². The van der Waals surface area contributed by atoms with Crippen molar-refractivity contribution in [3.63, 3.8) is 0 Å². The number of aliphatic carboxylic acids is 1. The highest BCUT2D eigenvalue weighted by Gasteiger charge is 2.37. The topological polar surface area (TPSA) is 104 Å². The summed E-state index contributed by atoms with van der Waals surface area (Å²) >= 11 is 0. The second kappa shape index (κ2) is 10.2. The smallest absolute Gasteiger partial charge is 0.417 e. The van der Waals surface area contributed by atoms with Crippen molar-refractivity contribution in [1.29, 1.82) is 0 Å². The van der Waals surface area contributed by atoms with Gasteiger partial charge in [-0.15, -0.1) is 0 Å². The summed E-state index contributed by atoms with van der Waals surface area (Å²) in [5.74, 6) is -1.67. The number of anilines is 1. The number of hydrogen-bond acceptors (Lipinski definition) is 5. The van der Waals surface area contributed by atoms with Gasteiger partial charge in [0.25, 0.3) is 0 Å². The number of halogens is 3. The van der Waals surface area contributed by atoms with E-state index in [0.717, 1.165) is 12.1 Å². The molecule has 5 rings (SSSR count). The van der Waals surface area contributed by atoms with Crippen molar-refractivity contribution in [2.45, 2.75) is 37.9 Å². The van der Waals surface area contributed by atoms with Gasteiger partial charge in [-0.1, -0.05) is 18.2 Å². The standard InChI is InChI=1S/C28H24F3N3O4/c29-28(30,31)22-14-19(38-18-4-2-1-3-5-18)10-11-20(22)25(35)21-15-33-26-24(21)23(12-13-32-26)34-17-8-6-16(7-9-17)27(36)37/h1-5,10-17H,6-9H2,(H,36,37)(H2,32,33,34)/t16-,17-. The number of aromatic nitrogens is 2. The van der Waals surface area contributed by atoms with Gasteiger partial charge in [0.1, 0.15) is 17.1 Å². The second-order valence-electron chi connectivity index (χ2n) is 9.26. The molecule has 0 radical (unpaired) electrons. The zero-order chi connectivity index (χ0) is 26.9. The van der Waals surface area contributed by atoms with Gasteiger partial charge >= 0.3 is 12.1 Å². The second-order valence-corrected chi connectivity index (χ2v) is 9.26. The minimum absolute atomic E-state index is 0.0331. The van der Waals surface area contributed by atoms with Crippen molar-refractivity contribution in [2.24, 2.45) is 5.92 Å². The zero-order valence-electron chi connectivity index (χ0n) is 20.1. The summed E-state index contributed by atoms with van der Waals surface area (Å²) in [5.41, 5.74) is -0.644. The number of nitrogens with zero attached hydrogens (tertiary/aromatic N) is 1. The van der Waals surface area contributed by atoms with Crippen LogP contribution in [0.1, 0.15) is 47.2 Å². The molecule has 0 saturated heterocycles. The quantitative estimate of drug-likeness (QED) is 0.234. The van der Waals surface area contributed by atoms with E-state index in [2.05, 4.69) is 15.3 Å². The molecule has 4 aromatic rings. The molecule has 0 spiro atoms. The van der Waals surface area contributed by atoms with Crippen LogP contribution in [0.3, 0.4) is 0 Å². The van der Waals surface area contributed by atoms with Gasteiger partial charge in [0, 0.05) is 29.7 Å². The highest BCUT2D eigenvalue weighted by molar-refractivity contribution is 6.19. The molecule has 0 unspecified atom stereocenters. The third-order valence-electron chi connectivity index (χ3n) is 6.77. The van der Waals surface area contributed by atoms with Gasteiger partial charge in [0.15, 0.2) is 5.78 Å². The van der Waals surface area contributed by atoms with Gasteiger partial charge in [0.2, 0.25) is 0 Å². The van der Waals surface area contributed by atoms with Crippen molar-refractivity contribution in [1.82, 2.24) is 9.97 Å². The Balaban J connectivity index is 1.47. The number of ketones is 1. The van der Waals surface area contributed by atoms with Crippen LogP contribution < -0.4 is 10.1 Å². The van der Waals surface area contributed by atoms with E-state index in [9.17, 15) is 27.9 Å². The molecule has 196 valence electrons. The Morgan fingerprint density at radius 3 is 2.39 bits per heavy atom. The number of aromatic amines is 1. The molecule has 0 aliphatic heterocycles. The first-order valence-corrected chi connectivity index (χ1v) is 12.1. The lowest BCUT2D eigenvalue weighted by atomic mass is 9.86. The van der Waals surface area contributed by atoms with Crippen LogP contribution in [0.5, 0.6) is 11.5 Å². The average molecular weight is 524 g/mol. The van der Waals surface area contributed by atoms with Crippen LogP contribution in [-0.4, -0.2) is 32.9 Å². The predicted molar refractivity (Wildman–Crippen MR) is 134 cm³/mol. The summed E-state index contributed by atoms with van der Waals surface area (Å²) < 4.78 is 47.8. The molecule has 1 aliphatic rings. The van der Waals surface area contributed by atoms with E-state index in [1.165, 1.54) is 18.5 Å². The highest BCUT2D eigenvalue weighted by Crippen LogP contribution is 2.38. The number of carbonyl (C=O) groups is 2. The van der Waals surface area contributed by atoms with Crippen molar-refractivity contribution in [2.75, 3.05) is 5.32 Å². The van der Waals surface area contributed by atoms with Gasteiger partial charge in [-0.2, -0.15) is 13.2 Å². The third kappa shape index (κ3) is 5.20. The van der Waals surface area contributed by atoms with Crippen molar-refractivity contribution < 1.29 is 32.6 Å². The van der Waals surface area contributed by atoms with E-state index in [-0.39, 0.29) is 23.3 Å². The van der Waals surface area contributed by atoms with Crippen molar-refractivity contribution in [3.05, 3.63) is 83.7 Å². The first kappa shape index (κ1) is 25.3. The van der Waals surface area contributed by atoms with Crippen molar-refractivity contribution >= 4 is 28.5 Å². The number of para-hydroxylation sites is 1. The van der Waals surface area contributed by atoms with Crippen LogP contribution in [0.15, 0.2) is 67.0 Å². The normalized spacial score (nSPS) is 17.8. The molecule has 0 bridgehead atoms. The number of alkyl halides is 3. The Labute approximate surface area is 215 Å². The van der Waals surface area contributed by atoms with Gasteiger partial charge < -0.3 is 20.1 Å². The maximum atomic E-state index is 14.1. The molecule has 1 saturated carbocycles. The SMILES string of the molecule is O=C(c1ccc(Oc2ccccc2)cc1C(F)(F)F)c1c[nH]c2nccc(N[C@H]3CC[C@H](C(=O)O)CC3)c12. The molecular formula is C28H24F3N3O4. The molecule has 0 amide bonds. The number of H-pyrrole nitrogens is 1. The lowest BCUT2D eigenvalue weighted by Crippen LogP contribution is -2.29. The summed E-state index contributed by atoms with van der Waals surface area (Å²) in [6.07, 6.45) is 0.385. The fourth-order valence-corrected chi connectivity index (χ4v) is 4.85. The van der Waals surface area contributed by atoms with Gasteiger partial charge in [0.05, 0.1) is 22.4 Å². The minimum atomic E-state index is -4.80. The molecule has 3 N–H and O–H groups in total. The molecule has 0 atom stereocenters. The fraction of sp³-hybridized carbons (Fsp3) is 0.250. The largest absolute Gasteiger partial charge is 0.481 e. The number of pyridine rings is 1. The Bertz CT molecular complexity index is 1480. The van der Waals surface area contributed by atoms with Crippen LogP contribution in [-0.2, 0) is 11.0 Å². The minimum Gasteiger partial charge on any atom is -0.481 e. The first-order chi connectivity index (χ1) is 18.2. The van der Waals surface area contributed by atoms with E-state index in [1.807, 2.05) is 0 Å². The van der Waals surface area contributed by atoms with Gasteiger partial charge in [-0.3, -0.25) is 9.59 Å². The molecule has 1 aliphatic carbocycles. The third-order valence-corrected chi connectivity index (χ3v) is 6.77. The van der Waals surface area contributed by atoms with Crippen LogP contribution in [0.25, 0.3) is 11.0 Å². The van der Waals surface area contributed by atoms with Crippen LogP contribution in [0, 0.1) is 5.92 Å². The van der Waals surface area contributed by atoms with Crippen LogP contribution in [0.2, 0.25) is 0 Å². The number of carbonyl (C=O) groups excluding carboxylic acids is 1. The monoisotopic (exact) mass is 523 g/mol. The summed E-state index contributed by atoms with van der Waals surface area (Å²) in [6, 6.07) is 13.3. The molecule has 7 nitrogen and oxygen atoms in total. The van der Waals surface area contributed by atoms with E-state index in [0.29, 0.717) is 48.2 Å². The van der Waals surface area contributed by atoms with E-state index in [4.69, 9.17) is 4.74 Å². The number of carboxylic acids is 1. The maximum Gasteiger partial charge on any atom is 0.417 e. The van der Waals surface area contributed by atoms with Gasteiger partial charge in [-0.25, -0.2) is 4.98 Å². The molecule has 2 aromatic heterocycles. The lowest BCUT2D eigenvalue weighted by Gasteiger charge is -2.28. The number of hydrogen-bond donors (Lipinski definition) is 3. The lowest BCUT2D eigenvalue weighted by molar-refractivity contribution is -0.142. The summed E-state index contributed by atoms with van der Waals surface area (Å²) in [4.78, 5) is 31.9. The predicted octanol–water partition coefficient (Wildman–Crippen LogP) is 6.66. The number of fused-ring (bicyclic) bond motifs is 1. The van der Waals surface area contributed by atoms with E-state index in [1.54, 1.807) is 36.4 Å².